The van der Waals surface area contributed by atoms with E-state index in [4.69, 9.17) is 14.2 Å². The largest absolute Gasteiger partial charge is 0.392 e. The molecule has 20 heavy (non-hydrogen) atoms. The van der Waals surface area contributed by atoms with E-state index in [1.165, 1.54) is 0 Å². The van der Waals surface area contributed by atoms with Gasteiger partial charge in [0.2, 0.25) is 0 Å². The molecule has 1 spiro atoms. The highest BCUT2D eigenvalue weighted by Crippen LogP contribution is 2.43. The molecule has 3 heterocycles. The first kappa shape index (κ1) is 14.8. The van der Waals surface area contributed by atoms with Crippen molar-refractivity contribution in [3.05, 3.63) is 0 Å². The summed E-state index contributed by atoms with van der Waals surface area (Å²) in [5, 5.41) is 10.9. The summed E-state index contributed by atoms with van der Waals surface area (Å²) >= 11 is 0. The van der Waals surface area contributed by atoms with Gasteiger partial charge in [-0.25, -0.2) is 0 Å². The number of ether oxygens (including phenoxy) is 3. The topological polar surface area (TPSA) is 47.9 Å². The first-order valence-electron chi connectivity index (χ1n) is 8.08. The van der Waals surface area contributed by atoms with Crippen LogP contribution in [0.1, 0.15) is 40.0 Å². The molecule has 4 heteroatoms. The molecule has 7 atom stereocenters. The minimum absolute atomic E-state index is 0.124. The van der Waals surface area contributed by atoms with E-state index in [2.05, 4.69) is 20.8 Å². The third-order valence-corrected chi connectivity index (χ3v) is 5.79. The minimum atomic E-state index is -0.286. The fourth-order valence-electron chi connectivity index (χ4n) is 4.42. The lowest BCUT2D eigenvalue weighted by molar-refractivity contribution is -0.127. The van der Waals surface area contributed by atoms with Crippen LogP contribution in [0.15, 0.2) is 0 Å². The van der Waals surface area contributed by atoms with Crippen LogP contribution in [-0.4, -0.2) is 48.8 Å². The van der Waals surface area contributed by atoms with Gasteiger partial charge in [-0.1, -0.05) is 6.92 Å². The Morgan fingerprint density at radius 2 is 1.95 bits per heavy atom. The first-order chi connectivity index (χ1) is 9.52. The molecular weight excluding hydrogens is 256 g/mol. The summed E-state index contributed by atoms with van der Waals surface area (Å²) in [6.45, 7) is 8.65. The van der Waals surface area contributed by atoms with E-state index >= 15 is 0 Å². The van der Waals surface area contributed by atoms with Crippen molar-refractivity contribution < 1.29 is 19.3 Å². The Hall–Kier alpha value is -0.160. The molecule has 4 nitrogen and oxygen atoms in total. The van der Waals surface area contributed by atoms with Gasteiger partial charge >= 0.3 is 0 Å². The van der Waals surface area contributed by atoms with E-state index in [-0.39, 0.29) is 29.8 Å². The highest BCUT2D eigenvalue weighted by atomic mass is 16.6. The zero-order valence-electron chi connectivity index (χ0n) is 12.9. The number of aliphatic hydroxyl groups is 1. The molecule has 116 valence electrons. The van der Waals surface area contributed by atoms with Crippen molar-refractivity contribution in [2.75, 3.05) is 19.8 Å². The number of rotatable bonds is 2. The molecule has 3 aliphatic heterocycles. The zero-order chi connectivity index (χ0) is 14.3. The van der Waals surface area contributed by atoms with Crippen LogP contribution in [0.5, 0.6) is 0 Å². The van der Waals surface area contributed by atoms with E-state index in [0.29, 0.717) is 18.4 Å². The molecule has 0 aliphatic carbocycles. The van der Waals surface area contributed by atoms with Gasteiger partial charge in [-0.05, 0) is 38.5 Å². The van der Waals surface area contributed by atoms with Crippen molar-refractivity contribution in [3.8, 4) is 0 Å². The summed E-state index contributed by atoms with van der Waals surface area (Å²) in [7, 11) is 0. The Morgan fingerprint density at radius 3 is 2.55 bits per heavy atom. The van der Waals surface area contributed by atoms with Gasteiger partial charge in [-0.3, -0.25) is 0 Å². The Bertz CT molecular complexity index is 339. The van der Waals surface area contributed by atoms with Gasteiger partial charge in [-0.2, -0.15) is 0 Å². The van der Waals surface area contributed by atoms with Gasteiger partial charge in [-0.15, -0.1) is 0 Å². The van der Waals surface area contributed by atoms with Crippen molar-refractivity contribution in [2.24, 2.45) is 17.8 Å². The molecular formula is C16H28O4. The highest BCUT2D eigenvalue weighted by Gasteiger charge is 2.48. The molecule has 0 radical (unpaired) electrons. The second-order valence-electron chi connectivity index (χ2n) is 7.06. The number of aliphatic hydroxyl groups excluding tert-OH is 1. The Morgan fingerprint density at radius 1 is 1.15 bits per heavy atom. The molecule has 0 aromatic heterocycles. The summed E-state index contributed by atoms with van der Waals surface area (Å²) in [5.74, 6) is 0.973. The predicted octanol–water partition coefficient (Wildman–Crippen LogP) is 1.99. The van der Waals surface area contributed by atoms with Crippen LogP contribution in [0.25, 0.3) is 0 Å². The van der Waals surface area contributed by atoms with E-state index in [1.807, 2.05) is 0 Å². The van der Waals surface area contributed by atoms with Crippen molar-refractivity contribution in [1.82, 2.24) is 0 Å². The van der Waals surface area contributed by atoms with Crippen LogP contribution in [0.2, 0.25) is 0 Å². The molecule has 0 amide bonds. The lowest BCUT2D eigenvalue weighted by Gasteiger charge is -2.41. The molecule has 0 aromatic carbocycles. The van der Waals surface area contributed by atoms with E-state index < -0.39 is 0 Å². The van der Waals surface area contributed by atoms with Crippen LogP contribution in [0.3, 0.4) is 0 Å². The lowest BCUT2D eigenvalue weighted by Crippen LogP contribution is -2.46. The van der Waals surface area contributed by atoms with Crippen LogP contribution in [0.4, 0.5) is 0 Å². The monoisotopic (exact) mass is 284 g/mol. The van der Waals surface area contributed by atoms with Crippen LogP contribution >= 0.6 is 0 Å². The van der Waals surface area contributed by atoms with Crippen LogP contribution in [0, 0.1) is 17.8 Å². The standard InChI is InChI=1S/C16H28O4/c1-10-11(2)20-12(3)14(10)15(17)13-4-6-19-16(8-13)5-7-18-9-16/h10-15,17H,4-9H2,1-3H3. The number of hydrogen-bond donors (Lipinski definition) is 1. The summed E-state index contributed by atoms with van der Waals surface area (Å²) in [6.07, 6.45) is 2.96. The normalized spacial score (nSPS) is 50.7. The molecule has 0 aromatic rings. The second-order valence-corrected chi connectivity index (χ2v) is 7.06. The summed E-state index contributed by atoms with van der Waals surface area (Å²) < 4.78 is 17.4. The van der Waals surface area contributed by atoms with Crippen molar-refractivity contribution in [2.45, 2.75) is 63.9 Å². The first-order valence-corrected chi connectivity index (χ1v) is 8.08. The van der Waals surface area contributed by atoms with Gasteiger partial charge in [0.25, 0.3) is 0 Å². The maximum absolute atomic E-state index is 10.9. The second kappa shape index (κ2) is 5.56. The highest BCUT2D eigenvalue weighted by molar-refractivity contribution is 4.97. The average molecular weight is 284 g/mol. The van der Waals surface area contributed by atoms with E-state index in [1.54, 1.807) is 0 Å². The van der Waals surface area contributed by atoms with Gasteiger partial charge in [0.15, 0.2) is 0 Å². The fraction of sp³-hybridized carbons (Fsp3) is 1.00. The number of hydrogen-bond acceptors (Lipinski definition) is 4. The summed E-state index contributed by atoms with van der Waals surface area (Å²) in [6, 6.07) is 0. The van der Waals surface area contributed by atoms with Gasteiger partial charge in [0.1, 0.15) is 0 Å². The summed E-state index contributed by atoms with van der Waals surface area (Å²) in [4.78, 5) is 0. The van der Waals surface area contributed by atoms with E-state index in [0.717, 1.165) is 32.5 Å². The van der Waals surface area contributed by atoms with E-state index in [9.17, 15) is 5.11 Å². The van der Waals surface area contributed by atoms with Gasteiger partial charge in [0, 0.05) is 25.6 Å². The molecule has 3 rings (SSSR count). The van der Waals surface area contributed by atoms with Crippen molar-refractivity contribution in [1.29, 1.82) is 0 Å². The van der Waals surface area contributed by atoms with Gasteiger partial charge in [0.05, 0.1) is 30.5 Å². The predicted molar refractivity (Wildman–Crippen MR) is 75.5 cm³/mol. The minimum Gasteiger partial charge on any atom is -0.392 e. The smallest absolute Gasteiger partial charge is 0.0940 e. The van der Waals surface area contributed by atoms with Crippen LogP contribution < -0.4 is 0 Å². The third kappa shape index (κ3) is 2.52. The maximum Gasteiger partial charge on any atom is 0.0940 e. The molecule has 0 bridgehead atoms. The maximum atomic E-state index is 10.9. The average Bonchev–Trinajstić information content (AvgIpc) is 2.95. The molecule has 3 aliphatic rings. The van der Waals surface area contributed by atoms with Crippen molar-refractivity contribution >= 4 is 0 Å². The lowest BCUT2D eigenvalue weighted by atomic mass is 9.74. The summed E-state index contributed by atoms with van der Waals surface area (Å²) in [5.41, 5.74) is -0.124. The fourth-order valence-corrected chi connectivity index (χ4v) is 4.42. The Labute approximate surface area is 121 Å². The van der Waals surface area contributed by atoms with Crippen LogP contribution in [-0.2, 0) is 14.2 Å². The Balaban J connectivity index is 1.69. The third-order valence-electron chi connectivity index (χ3n) is 5.79. The molecule has 3 fully saturated rings. The quantitative estimate of drug-likeness (QED) is 0.842. The zero-order valence-corrected chi connectivity index (χ0v) is 12.9. The SMILES string of the molecule is CC1OC(C)C(C(O)C2CCOC3(CCOC3)C2)C1C. The van der Waals surface area contributed by atoms with Crippen molar-refractivity contribution in [3.63, 3.8) is 0 Å². The molecule has 3 saturated heterocycles. The van der Waals surface area contributed by atoms with Gasteiger partial charge < -0.3 is 19.3 Å². The molecule has 7 unspecified atom stereocenters. The Kier molecular flexibility index (Phi) is 4.10. The molecule has 1 N–H and O–H groups in total. The molecule has 0 saturated carbocycles.